The lowest BCUT2D eigenvalue weighted by atomic mass is 10.3. The van der Waals surface area contributed by atoms with Gasteiger partial charge in [-0.05, 0) is 18.2 Å². The number of carbonyl (C=O) groups excluding carboxylic acids is 2. The van der Waals surface area contributed by atoms with Gasteiger partial charge in [-0.15, -0.1) is 11.8 Å². The molecular formula is C13H16N2O5S. The summed E-state index contributed by atoms with van der Waals surface area (Å²) in [5, 5.41) is 23.6. The van der Waals surface area contributed by atoms with Gasteiger partial charge in [0.05, 0.1) is 4.90 Å². The first kappa shape index (κ1) is 16.8. The summed E-state index contributed by atoms with van der Waals surface area (Å²) in [5.41, 5.74) is 0.495. The topological polar surface area (TPSA) is 116 Å². The molecular weight excluding hydrogens is 296 g/mol. The molecule has 0 fully saturated rings. The highest BCUT2D eigenvalue weighted by molar-refractivity contribution is 7.99. The number of benzene rings is 1. The van der Waals surface area contributed by atoms with E-state index >= 15 is 0 Å². The smallest absolute Gasteiger partial charge is 0.327 e. The Hall–Kier alpha value is -2.22. The molecule has 21 heavy (non-hydrogen) atoms. The second-order valence-electron chi connectivity index (χ2n) is 4.27. The number of aliphatic carboxylic acids is 1. The van der Waals surface area contributed by atoms with Gasteiger partial charge in [0.15, 0.2) is 0 Å². The van der Waals surface area contributed by atoms with Gasteiger partial charge in [-0.3, -0.25) is 9.59 Å². The van der Waals surface area contributed by atoms with Crippen molar-refractivity contribution in [2.75, 3.05) is 11.1 Å². The maximum absolute atomic E-state index is 11.0. The highest BCUT2D eigenvalue weighted by Gasteiger charge is 2.19. The van der Waals surface area contributed by atoms with Gasteiger partial charge in [0.25, 0.3) is 0 Å². The van der Waals surface area contributed by atoms with E-state index in [4.69, 9.17) is 5.11 Å². The molecule has 0 aliphatic rings. The first-order valence-corrected chi connectivity index (χ1v) is 7.01. The zero-order chi connectivity index (χ0) is 16.0. The third-order valence-corrected chi connectivity index (χ3v) is 3.50. The summed E-state index contributed by atoms with van der Waals surface area (Å²) in [4.78, 5) is 33.3. The van der Waals surface area contributed by atoms with E-state index in [1.54, 1.807) is 0 Å². The summed E-state index contributed by atoms with van der Waals surface area (Å²) in [5.74, 6) is -1.83. The lowest BCUT2D eigenvalue weighted by molar-refractivity contribution is -0.140. The van der Waals surface area contributed by atoms with Gasteiger partial charge in [0, 0.05) is 25.3 Å². The summed E-state index contributed by atoms with van der Waals surface area (Å²) in [7, 11) is 0. The lowest BCUT2D eigenvalue weighted by Gasteiger charge is -2.14. The van der Waals surface area contributed by atoms with E-state index in [0.29, 0.717) is 10.6 Å². The number of amides is 2. The van der Waals surface area contributed by atoms with E-state index in [2.05, 4.69) is 10.6 Å². The molecule has 0 saturated heterocycles. The van der Waals surface area contributed by atoms with Crippen molar-refractivity contribution >= 4 is 35.2 Å². The predicted molar refractivity (Wildman–Crippen MR) is 78.4 cm³/mol. The van der Waals surface area contributed by atoms with E-state index in [-0.39, 0.29) is 17.4 Å². The number of carbonyl (C=O) groups is 3. The van der Waals surface area contributed by atoms with E-state index in [1.807, 2.05) is 0 Å². The molecule has 1 aromatic carbocycles. The van der Waals surface area contributed by atoms with Gasteiger partial charge in [0.2, 0.25) is 11.8 Å². The molecule has 0 saturated carbocycles. The molecule has 4 N–H and O–H groups in total. The van der Waals surface area contributed by atoms with Crippen LogP contribution in [0.15, 0.2) is 23.1 Å². The minimum absolute atomic E-state index is 0.0268. The van der Waals surface area contributed by atoms with Crippen LogP contribution in [0.2, 0.25) is 0 Å². The maximum Gasteiger partial charge on any atom is 0.327 e. The molecule has 1 aromatic rings. The Morgan fingerprint density at radius 2 is 1.90 bits per heavy atom. The van der Waals surface area contributed by atoms with Gasteiger partial charge < -0.3 is 20.8 Å². The van der Waals surface area contributed by atoms with Crippen molar-refractivity contribution in [3.8, 4) is 5.75 Å². The van der Waals surface area contributed by atoms with Crippen LogP contribution in [-0.2, 0) is 14.4 Å². The van der Waals surface area contributed by atoms with Crippen LogP contribution in [-0.4, -0.2) is 39.8 Å². The molecule has 114 valence electrons. The van der Waals surface area contributed by atoms with Crippen molar-refractivity contribution in [2.24, 2.45) is 0 Å². The van der Waals surface area contributed by atoms with Crippen LogP contribution < -0.4 is 10.6 Å². The molecule has 0 aromatic heterocycles. The Labute approximate surface area is 125 Å². The van der Waals surface area contributed by atoms with Crippen LogP contribution in [0.25, 0.3) is 0 Å². The van der Waals surface area contributed by atoms with Gasteiger partial charge in [0.1, 0.15) is 11.8 Å². The number of hydrogen-bond acceptors (Lipinski definition) is 5. The molecule has 0 aliphatic heterocycles. The second-order valence-corrected chi connectivity index (χ2v) is 5.33. The fraction of sp³-hybridized carbons (Fsp3) is 0.308. The third kappa shape index (κ3) is 5.74. The molecule has 0 heterocycles. The number of nitrogens with one attached hydrogen (secondary N) is 2. The zero-order valence-corrected chi connectivity index (χ0v) is 12.4. The summed E-state index contributed by atoms with van der Waals surface area (Å²) in [6.07, 6.45) is 0. The first-order valence-electron chi connectivity index (χ1n) is 6.03. The van der Waals surface area contributed by atoms with Crippen LogP contribution in [0.1, 0.15) is 13.8 Å². The van der Waals surface area contributed by atoms with Crippen molar-refractivity contribution in [3.05, 3.63) is 18.2 Å². The number of carboxylic acids is 1. The van der Waals surface area contributed by atoms with E-state index < -0.39 is 17.9 Å². The molecule has 0 aliphatic carbocycles. The Morgan fingerprint density at radius 1 is 1.24 bits per heavy atom. The second kappa shape index (κ2) is 7.53. The number of phenolic OH excluding ortho intramolecular Hbond substituents is 1. The van der Waals surface area contributed by atoms with Gasteiger partial charge >= 0.3 is 5.97 Å². The quantitative estimate of drug-likeness (QED) is 0.460. The molecule has 0 radical (unpaired) electrons. The minimum Gasteiger partial charge on any atom is -0.507 e. The fourth-order valence-corrected chi connectivity index (χ4v) is 2.50. The van der Waals surface area contributed by atoms with Crippen molar-refractivity contribution in [1.29, 1.82) is 0 Å². The standard InChI is InChI=1S/C13H16N2O5S/c1-7(16)14-9-3-4-11(18)12(5-9)21-6-10(13(19)20)15-8(2)17/h3-5,10,18H,6H2,1-2H3,(H,14,16)(H,15,17)(H,19,20). The van der Waals surface area contributed by atoms with Gasteiger partial charge in [-0.1, -0.05) is 0 Å². The van der Waals surface area contributed by atoms with Crippen molar-refractivity contribution in [3.63, 3.8) is 0 Å². The molecule has 0 bridgehead atoms. The summed E-state index contributed by atoms with van der Waals surface area (Å²) >= 11 is 1.07. The maximum atomic E-state index is 11.0. The van der Waals surface area contributed by atoms with Crippen LogP contribution in [0, 0.1) is 0 Å². The Balaban J connectivity index is 2.78. The number of carboxylic acid groups (broad SMARTS) is 1. The number of thioether (sulfide) groups is 1. The Bertz CT molecular complexity index is 561. The third-order valence-electron chi connectivity index (χ3n) is 2.36. The van der Waals surface area contributed by atoms with E-state index in [1.165, 1.54) is 32.0 Å². The number of rotatable bonds is 6. The van der Waals surface area contributed by atoms with Crippen LogP contribution >= 0.6 is 11.8 Å². The number of anilines is 1. The summed E-state index contributed by atoms with van der Waals surface area (Å²) in [6.45, 7) is 2.59. The number of hydrogen-bond donors (Lipinski definition) is 4. The summed E-state index contributed by atoms with van der Waals surface area (Å²) in [6, 6.07) is 3.41. The highest BCUT2D eigenvalue weighted by Crippen LogP contribution is 2.31. The molecule has 1 unspecified atom stereocenters. The van der Waals surface area contributed by atoms with Crippen molar-refractivity contribution in [1.82, 2.24) is 5.32 Å². The molecule has 8 heteroatoms. The molecule has 2 amide bonds. The predicted octanol–water partition coefficient (Wildman–Crippen LogP) is 1.03. The van der Waals surface area contributed by atoms with Crippen molar-refractivity contribution in [2.45, 2.75) is 24.8 Å². The highest BCUT2D eigenvalue weighted by atomic mass is 32.2. The molecule has 7 nitrogen and oxygen atoms in total. The number of phenols is 1. The normalized spacial score (nSPS) is 11.5. The van der Waals surface area contributed by atoms with Crippen LogP contribution in [0.3, 0.4) is 0 Å². The fourth-order valence-electron chi connectivity index (χ4n) is 1.50. The van der Waals surface area contributed by atoms with E-state index in [9.17, 15) is 19.5 Å². The first-order chi connectivity index (χ1) is 9.79. The molecule has 1 atom stereocenters. The Morgan fingerprint density at radius 3 is 2.43 bits per heavy atom. The van der Waals surface area contributed by atoms with Crippen LogP contribution in [0.4, 0.5) is 5.69 Å². The van der Waals surface area contributed by atoms with Gasteiger partial charge in [-0.25, -0.2) is 4.79 Å². The zero-order valence-electron chi connectivity index (χ0n) is 11.5. The molecule has 0 spiro atoms. The Kier molecular flexibility index (Phi) is 6.04. The van der Waals surface area contributed by atoms with Gasteiger partial charge in [-0.2, -0.15) is 0 Å². The lowest BCUT2D eigenvalue weighted by Crippen LogP contribution is -2.41. The van der Waals surface area contributed by atoms with E-state index in [0.717, 1.165) is 11.8 Å². The summed E-state index contributed by atoms with van der Waals surface area (Å²) < 4.78 is 0. The minimum atomic E-state index is -1.16. The molecule has 1 rings (SSSR count). The number of aromatic hydroxyl groups is 1. The van der Waals surface area contributed by atoms with Crippen LogP contribution in [0.5, 0.6) is 5.75 Å². The average molecular weight is 312 g/mol. The largest absolute Gasteiger partial charge is 0.507 e. The average Bonchev–Trinajstić information content (AvgIpc) is 2.36. The van der Waals surface area contributed by atoms with Crippen molar-refractivity contribution < 1.29 is 24.6 Å². The SMILES string of the molecule is CC(=O)Nc1ccc(O)c(SCC(NC(C)=O)C(=O)O)c1. The monoisotopic (exact) mass is 312 g/mol.